The first-order valence-corrected chi connectivity index (χ1v) is 7.61. The lowest BCUT2D eigenvalue weighted by molar-refractivity contribution is -0.384. The molecule has 0 saturated carbocycles. The van der Waals surface area contributed by atoms with E-state index in [0.717, 1.165) is 11.0 Å². The van der Waals surface area contributed by atoms with E-state index in [9.17, 15) is 10.1 Å². The number of rotatable bonds is 4. The Labute approximate surface area is 127 Å². The van der Waals surface area contributed by atoms with Crippen LogP contribution in [0.2, 0.25) is 0 Å². The molecule has 1 aliphatic heterocycles. The van der Waals surface area contributed by atoms with Gasteiger partial charge in [-0.25, -0.2) is 0 Å². The number of nitrogens with one attached hydrogen (secondary N) is 2. The molecule has 0 amide bonds. The predicted molar refractivity (Wildman–Crippen MR) is 84.1 cm³/mol. The van der Waals surface area contributed by atoms with E-state index in [4.69, 9.17) is 0 Å². The molecule has 1 heterocycles. The van der Waals surface area contributed by atoms with E-state index in [1.807, 2.05) is 0 Å². The van der Waals surface area contributed by atoms with Crippen molar-refractivity contribution in [2.75, 3.05) is 18.4 Å². The first-order chi connectivity index (χ1) is 9.40. The molecule has 1 aliphatic rings. The monoisotopic (exact) mass is 341 g/mol. The fraction of sp³-hybridized carbons (Fsp3) is 0.571. The van der Waals surface area contributed by atoms with Crippen LogP contribution in [0.5, 0.6) is 0 Å². The zero-order valence-corrected chi connectivity index (χ0v) is 13.4. The zero-order valence-electron chi connectivity index (χ0n) is 11.8. The lowest BCUT2D eigenvalue weighted by Crippen LogP contribution is -2.50. The molecule has 1 unspecified atom stereocenters. The van der Waals surface area contributed by atoms with Crippen LogP contribution in [0.1, 0.15) is 26.7 Å². The third-order valence-electron chi connectivity index (χ3n) is 3.98. The number of piperidine rings is 1. The van der Waals surface area contributed by atoms with Gasteiger partial charge in [0.2, 0.25) is 0 Å². The number of nitro benzene ring substituents is 1. The van der Waals surface area contributed by atoms with Crippen molar-refractivity contribution < 1.29 is 4.92 Å². The van der Waals surface area contributed by atoms with Crippen LogP contribution in [-0.4, -0.2) is 24.1 Å². The van der Waals surface area contributed by atoms with Gasteiger partial charge in [-0.15, -0.1) is 0 Å². The molecule has 110 valence electrons. The summed E-state index contributed by atoms with van der Waals surface area (Å²) in [6.45, 7) is 6.17. The summed E-state index contributed by atoms with van der Waals surface area (Å²) in [7, 11) is 0. The van der Waals surface area contributed by atoms with Gasteiger partial charge in [-0.3, -0.25) is 10.1 Å². The summed E-state index contributed by atoms with van der Waals surface area (Å²) in [6, 6.07) is 5.28. The molecule has 1 atom stereocenters. The average molecular weight is 342 g/mol. The van der Waals surface area contributed by atoms with Crippen molar-refractivity contribution in [3.05, 3.63) is 32.8 Å². The second-order valence-electron chi connectivity index (χ2n) is 5.90. The van der Waals surface area contributed by atoms with E-state index in [0.29, 0.717) is 18.3 Å². The molecule has 0 bridgehead atoms. The molecule has 0 radical (unpaired) electrons. The van der Waals surface area contributed by atoms with Gasteiger partial charge in [0.25, 0.3) is 5.69 Å². The molecular formula is C14H20BrN3O2. The van der Waals surface area contributed by atoms with E-state index in [2.05, 4.69) is 40.4 Å². The molecule has 6 heteroatoms. The molecule has 2 N–H and O–H groups in total. The fourth-order valence-corrected chi connectivity index (χ4v) is 3.00. The van der Waals surface area contributed by atoms with Crippen molar-refractivity contribution in [2.24, 2.45) is 5.41 Å². The second kappa shape index (κ2) is 6.10. The minimum atomic E-state index is -0.353. The van der Waals surface area contributed by atoms with Gasteiger partial charge in [-0.05, 0) is 36.9 Å². The van der Waals surface area contributed by atoms with Gasteiger partial charge in [0.05, 0.1) is 4.92 Å². The Morgan fingerprint density at radius 1 is 1.55 bits per heavy atom. The highest BCUT2D eigenvalue weighted by molar-refractivity contribution is 9.10. The minimum Gasteiger partial charge on any atom is -0.378 e. The Hall–Kier alpha value is -1.14. The summed E-state index contributed by atoms with van der Waals surface area (Å²) in [5.74, 6) is 0. The van der Waals surface area contributed by atoms with Gasteiger partial charge in [0.15, 0.2) is 0 Å². The summed E-state index contributed by atoms with van der Waals surface area (Å²) < 4.78 is 0.835. The average Bonchev–Trinajstić information content (AvgIpc) is 2.36. The maximum atomic E-state index is 11.0. The van der Waals surface area contributed by atoms with E-state index < -0.39 is 0 Å². The normalized spacial score (nSPS) is 21.4. The predicted octanol–water partition coefficient (Wildman–Crippen LogP) is 3.55. The number of halogens is 1. The van der Waals surface area contributed by atoms with Gasteiger partial charge in [0, 0.05) is 23.1 Å². The van der Waals surface area contributed by atoms with Gasteiger partial charge in [-0.1, -0.05) is 29.8 Å². The largest absolute Gasteiger partial charge is 0.378 e. The molecular weight excluding hydrogens is 322 g/mol. The van der Waals surface area contributed by atoms with E-state index in [1.165, 1.54) is 18.9 Å². The van der Waals surface area contributed by atoms with Crippen molar-refractivity contribution in [3.63, 3.8) is 0 Å². The summed E-state index contributed by atoms with van der Waals surface area (Å²) in [5, 5.41) is 17.8. The molecule has 1 aromatic carbocycles. The van der Waals surface area contributed by atoms with Crippen LogP contribution >= 0.6 is 15.9 Å². The summed E-state index contributed by atoms with van der Waals surface area (Å²) >= 11 is 3.36. The van der Waals surface area contributed by atoms with Crippen LogP contribution < -0.4 is 10.6 Å². The Balaban J connectivity index is 2.10. The van der Waals surface area contributed by atoms with Crippen molar-refractivity contribution in [3.8, 4) is 0 Å². The van der Waals surface area contributed by atoms with Gasteiger partial charge >= 0.3 is 0 Å². The Bertz CT molecular complexity index is 505. The highest BCUT2D eigenvalue weighted by atomic mass is 79.9. The molecule has 0 aromatic heterocycles. The van der Waals surface area contributed by atoms with Crippen molar-refractivity contribution in [1.29, 1.82) is 0 Å². The Morgan fingerprint density at radius 2 is 2.30 bits per heavy atom. The first-order valence-electron chi connectivity index (χ1n) is 6.81. The summed E-state index contributed by atoms with van der Waals surface area (Å²) in [4.78, 5) is 10.7. The van der Waals surface area contributed by atoms with Crippen LogP contribution in [0.25, 0.3) is 0 Å². The van der Waals surface area contributed by atoms with Gasteiger partial charge < -0.3 is 10.6 Å². The Morgan fingerprint density at radius 3 is 2.95 bits per heavy atom. The second-order valence-corrected chi connectivity index (χ2v) is 6.81. The first kappa shape index (κ1) is 15.3. The van der Waals surface area contributed by atoms with E-state index in [-0.39, 0.29) is 16.0 Å². The maximum Gasteiger partial charge on any atom is 0.292 e. The van der Waals surface area contributed by atoms with Crippen LogP contribution in [0.4, 0.5) is 11.4 Å². The third kappa shape index (κ3) is 3.49. The molecule has 0 aliphatic carbocycles. The lowest BCUT2D eigenvalue weighted by Gasteiger charge is -2.39. The molecule has 5 nitrogen and oxygen atoms in total. The van der Waals surface area contributed by atoms with Crippen LogP contribution in [-0.2, 0) is 0 Å². The number of nitro groups is 1. The number of nitrogens with zero attached hydrogens (tertiary/aromatic N) is 1. The lowest BCUT2D eigenvalue weighted by atomic mass is 9.77. The number of hydrogen-bond donors (Lipinski definition) is 2. The van der Waals surface area contributed by atoms with Crippen LogP contribution in [0, 0.1) is 15.5 Å². The number of anilines is 1. The molecule has 1 fully saturated rings. The van der Waals surface area contributed by atoms with E-state index in [1.54, 1.807) is 12.1 Å². The molecule has 0 spiro atoms. The number of benzene rings is 1. The topological polar surface area (TPSA) is 67.2 Å². The zero-order chi connectivity index (χ0) is 14.8. The molecule has 1 aromatic rings. The molecule has 1 saturated heterocycles. The molecule has 20 heavy (non-hydrogen) atoms. The van der Waals surface area contributed by atoms with E-state index >= 15 is 0 Å². The highest BCUT2D eigenvalue weighted by Gasteiger charge is 2.32. The smallest absolute Gasteiger partial charge is 0.292 e. The highest BCUT2D eigenvalue weighted by Crippen LogP contribution is 2.32. The third-order valence-corrected chi connectivity index (χ3v) is 4.48. The SMILES string of the molecule is CC1(C)CCCNC1CNc1cc(Br)ccc1[N+](=O)[O-]. The van der Waals surface area contributed by atoms with Gasteiger partial charge in [0.1, 0.15) is 5.69 Å². The summed E-state index contributed by atoms with van der Waals surface area (Å²) in [6.07, 6.45) is 2.35. The van der Waals surface area contributed by atoms with Gasteiger partial charge in [-0.2, -0.15) is 0 Å². The standard InChI is InChI=1S/C14H20BrN3O2/c1-14(2)6-3-7-16-13(14)9-17-11-8-10(15)4-5-12(11)18(19)20/h4-5,8,13,16-17H,3,6-7,9H2,1-2H3. The number of hydrogen-bond acceptors (Lipinski definition) is 4. The fourth-order valence-electron chi connectivity index (χ4n) is 2.64. The van der Waals surface area contributed by atoms with Crippen molar-refractivity contribution in [2.45, 2.75) is 32.7 Å². The summed E-state index contributed by atoms with van der Waals surface area (Å²) in [5.41, 5.74) is 0.876. The van der Waals surface area contributed by atoms with Crippen molar-refractivity contribution in [1.82, 2.24) is 5.32 Å². The Kier molecular flexibility index (Phi) is 4.65. The quantitative estimate of drug-likeness (QED) is 0.649. The van der Waals surface area contributed by atoms with Crippen molar-refractivity contribution >= 4 is 27.3 Å². The minimum absolute atomic E-state index is 0.113. The van der Waals surface area contributed by atoms with Crippen LogP contribution in [0.3, 0.4) is 0 Å². The maximum absolute atomic E-state index is 11.0. The van der Waals surface area contributed by atoms with Crippen LogP contribution in [0.15, 0.2) is 22.7 Å². The molecule has 2 rings (SSSR count).